The van der Waals surface area contributed by atoms with Gasteiger partial charge in [-0.1, -0.05) is 36.9 Å². The number of likely N-dealkylation sites (tertiary alicyclic amines) is 1. The number of nitrogens with zero attached hydrogens (tertiary/aromatic N) is 1. The van der Waals surface area contributed by atoms with Gasteiger partial charge in [-0.25, -0.2) is 0 Å². The Morgan fingerprint density at radius 2 is 2.05 bits per heavy atom. The molecule has 1 aromatic carbocycles. The molecule has 0 spiro atoms. The Balaban J connectivity index is 2.33. The molecular weight excluding hydrogens is 255 g/mol. The number of benzene rings is 1. The van der Waals surface area contributed by atoms with Crippen molar-refractivity contribution in [1.82, 2.24) is 4.90 Å². The molecule has 0 N–H and O–H groups in total. The van der Waals surface area contributed by atoms with E-state index < -0.39 is 18.1 Å². The first-order valence-electron chi connectivity index (χ1n) is 6.04. The Kier molecular flexibility index (Phi) is 3.64. The molecule has 1 fully saturated rings. The molecule has 0 aromatic heterocycles. The average molecular weight is 269 g/mol. The van der Waals surface area contributed by atoms with Crippen LogP contribution in [-0.2, 0) is 4.79 Å². The molecule has 0 bridgehead atoms. The zero-order valence-corrected chi connectivity index (χ0v) is 10.3. The molecule has 1 heterocycles. The van der Waals surface area contributed by atoms with Gasteiger partial charge in [0.15, 0.2) is 0 Å². The van der Waals surface area contributed by atoms with Gasteiger partial charge in [0.05, 0.1) is 6.04 Å². The first-order valence-corrected chi connectivity index (χ1v) is 6.04. The van der Waals surface area contributed by atoms with Crippen molar-refractivity contribution in [2.45, 2.75) is 25.1 Å². The van der Waals surface area contributed by atoms with Gasteiger partial charge in [0.2, 0.25) is 0 Å². The second-order valence-electron chi connectivity index (χ2n) is 4.49. The van der Waals surface area contributed by atoms with Crippen LogP contribution < -0.4 is 0 Å². The maximum Gasteiger partial charge on any atom is 0.471 e. The van der Waals surface area contributed by atoms with E-state index in [1.165, 1.54) is 0 Å². The van der Waals surface area contributed by atoms with Crippen LogP contribution >= 0.6 is 0 Å². The molecular formula is C14H14F3NO. The molecule has 0 aliphatic carbocycles. The van der Waals surface area contributed by atoms with E-state index in [4.69, 9.17) is 0 Å². The van der Waals surface area contributed by atoms with Crippen LogP contribution in [0.1, 0.15) is 30.0 Å². The van der Waals surface area contributed by atoms with E-state index in [1.807, 2.05) is 0 Å². The summed E-state index contributed by atoms with van der Waals surface area (Å²) in [6, 6.07) is 6.59. The zero-order valence-electron chi connectivity index (χ0n) is 10.3. The summed E-state index contributed by atoms with van der Waals surface area (Å²) in [4.78, 5) is 12.3. The molecule has 0 saturated carbocycles. The van der Waals surface area contributed by atoms with Gasteiger partial charge in [-0.15, -0.1) is 0 Å². The maximum atomic E-state index is 12.6. The van der Waals surface area contributed by atoms with Crippen LogP contribution in [0.5, 0.6) is 0 Å². The average Bonchev–Trinajstić information content (AvgIpc) is 2.85. The summed E-state index contributed by atoms with van der Waals surface area (Å²) < 4.78 is 37.7. The van der Waals surface area contributed by atoms with Crippen molar-refractivity contribution in [3.8, 4) is 0 Å². The Morgan fingerprint density at radius 3 is 2.68 bits per heavy atom. The standard InChI is InChI=1S/C14H14F3NO/c1-2-10-6-3-4-7-11(10)12-8-5-9-18(12)13(19)14(15,16)17/h2-4,6-7,12H,1,5,8-9H2/t12-/m1/s1. The van der Waals surface area contributed by atoms with Gasteiger partial charge in [-0.2, -0.15) is 13.2 Å². The molecule has 1 aliphatic heterocycles. The van der Waals surface area contributed by atoms with Crippen molar-refractivity contribution in [2.24, 2.45) is 0 Å². The number of alkyl halides is 3. The third-order valence-corrected chi connectivity index (χ3v) is 3.33. The van der Waals surface area contributed by atoms with Crippen molar-refractivity contribution in [3.63, 3.8) is 0 Å². The summed E-state index contributed by atoms with van der Waals surface area (Å²) in [7, 11) is 0. The zero-order chi connectivity index (χ0) is 14.0. The number of carbonyl (C=O) groups excluding carboxylic acids is 1. The van der Waals surface area contributed by atoms with Gasteiger partial charge < -0.3 is 4.90 Å². The molecule has 1 atom stereocenters. The minimum atomic E-state index is -4.81. The second kappa shape index (κ2) is 5.07. The number of amides is 1. The van der Waals surface area contributed by atoms with Crippen molar-refractivity contribution in [1.29, 1.82) is 0 Å². The molecule has 1 saturated heterocycles. The molecule has 0 radical (unpaired) electrons. The molecule has 19 heavy (non-hydrogen) atoms. The number of halogens is 3. The van der Waals surface area contributed by atoms with Crippen molar-refractivity contribution >= 4 is 12.0 Å². The molecule has 5 heteroatoms. The normalized spacial score (nSPS) is 19.5. The monoisotopic (exact) mass is 269 g/mol. The van der Waals surface area contributed by atoms with Gasteiger partial charge in [0.1, 0.15) is 0 Å². The highest BCUT2D eigenvalue weighted by molar-refractivity contribution is 5.82. The van der Waals surface area contributed by atoms with Gasteiger partial charge in [0, 0.05) is 6.54 Å². The molecule has 2 rings (SSSR count). The third kappa shape index (κ3) is 2.64. The lowest BCUT2D eigenvalue weighted by Crippen LogP contribution is -2.40. The Morgan fingerprint density at radius 1 is 1.37 bits per heavy atom. The summed E-state index contributed by atoms with van der Waals surface area (Å²) >= 11 is 0. The Hall–Kier alpha value is -1.78. The first kappa shape index (κ1) is 13.6. The number of carbonyl (C=O) groups is 1. The van der Waals surface area contributed by atoms with E-state index in [-0.39, 0.29) is 6.54 Å². The lowest BCUT2D eigenvalue weighted by molar-refractivity contribution is -0.186. The van der Waals surface area contributed by atoms with Crippen LogP contribution in [0.4, 0.5) is 13.2 Å². The van der Waals surface area contributed by atoms with Gasteiger partial charge in [0.25, 0.3) is 0 Å². The predicted octanol–water partition coefficient (Wildman–Crippen LogP) is 3.56. The van der Waals surface area contributed by atoms with Crippen LogP contribution in [-0.4, -0.2) is 23.5 Å². The highest BCUT2D eigenvalue weighted by atomic mass is 19.4. The van der Waals surface area contributed by atoms with E-state index >= 15 is 0 Å². The molecule has 102 valence electrons. The summed E-state index contributed by atoms with van der Waals surface area (Å²) in [6.45, 7) is 3.80. The highest BCUT2D eigenvalue weighted by Gasteiger charge is 2.46. The van der Waals surface area contributed by atoms with Crippen LogP contribution in [0.2, 0.25) is 0 Å². The fourth-order valence-electron chi connectivity index (χ4n) is 2.50. The fourth-order valence-corrected chi connectivity index (χ4v) is 2.50. The topological polar surface area (TPSA) is 20.3 Å². The van der Waals surface area contributed by atoms with Crippen LogP contribution in [0.15, 0.2) is 30.8 Å². The quantitative estimate of drug-likeness (QED) is 0.804. The number of hydrogen-bond donors (Lipinski definition) is 0. The third-order valence-electron chi connectivity index (χ3n) is 3.33. The molecule has 1 aliphatic rings. The highest BCUT2D eigenvalue weighted by Crippen LogP contribution is 2.36. The summed E-state index contributed by atoms with van der Waals surface area (Å²) in [5.41, 5.74) is 1.50. The van der Waals surface area contributed by atoms with E-state index in [0.29, 0.717) is 12.8 Å². The summed E-state index contributed by atoms with van der Waals surface area (Å²) in [5.74, 6) is -1.76. The molecule has 2 nitrogen and oxygen atoms in total. The smallest absolute Gasteiger partial charge is 0.328 e. The van der Waals surface area contributed by atoms with E-state index in [0.717, 1.165) is 16.0 Å². The molecule has 0 unspecified atom stereocenters. The fraction of sp³-hybridized carbons (Fsp3) is 0.357. The van der Waals surface area contributed by atoms with Crippen LogP contribution in [0, 0.1) is 0 Å². The molecule has 1 aromatic rings. The van der Waals surface area contributed by atoms with Crippen molar-refractivity contribution < 1.29 is 18.0 Å². The van der Waals surface area contributed by atoms with Gasteiger partial charge in [-0.05, 0) is 24.0 Å². The minimum absolute atomic E-state index is 0.147. The lowest BCUT2D eigenvalue weighted by atomic mass is 9.98. The number of hydrogen-bond acceptors (Lipinski definition) is 1. The summed E-state index contributed by atoms with van der Waals surface area (Å²) in [5, 5.41) is 0. The van der Waals surface area contributed by atoms with Gasteiger partial charge in [-0.3, -0.25) is 4.79 Å². The summed E-state index contributed by atoms with van der Waals surface area (Å²) in [6.07, 6.45) is -2.08. The second-order valence-corrected chi connectivity index (χ2v) is 4.49. The van der Waals surface area contributed by atoms with E-state index in [2.05, 4.69) is 6.58 Å². The largest absolute Gasteiger partial charge is 0.471 e. The lowest BCUT2D eigenvalue weighted by Gasteiger charge is -2.27. The number of rotatable bonds is 2. The first-order chi connectivity index (χ1) is 8.95. The Bertz CT molecular complexity index is 496. The SMILES string of the molecule is C=Cc1ccccc1[C@H]1CCCN1C(=O)C(F)(F)F. The van der Waals surface area contributed by atoms with E-state index in [1.54, 1.807) is 30.3 Å². The predicted molar refractivity (Wildman–Crippen MR) is 66.3 cm³/mol. The van der Waals surface area contributed by atoms with E-state index in [9.17, 15) is 18.0 Å². The van der Waals surface area contributed by atoms with Crippen LogP contribution in [0.25, 0.3) is 6.08 Å². The van der Waals surface area contributed by atoms with Crippen LogP contribution in [0.3, 0.4) is 0 Å². The molecule has 1 amide bonds. The van der Waals surface area contributed by atoms with Gasteiger partial charge >= 0.3 is 12.1 Å². The minimum Gasteiger partial charge on any atom is -0.328 e. The Labute approximate surface area is 109 Å². The maximum absolute atomic E-state index is 12.6. The van der Waals surface area contributed by atoms with Crippen molar-refractivity contribution in [3.05, 3.63) is 42.0 Å². The van der Waals surface area contributed by atoms with Crippen molar-refractivity contribution in [2.75, 3.05) is 6.54 Å².